The van der Waals surface area contributed by atoms with Crippen LogP contribution in [-0.2, 0) is 0 Å². The summed E-state index contributed by atoms with van der Waals surface area (Å²) in [4.78, 5) is 23.4. The van der Waals surface area contributed by atoms with Crippen molar-refractivity contribution in [1.82, 2.24) is 15.0 Å². The number of pyridine rings is 1. The molecule has 0 saturated carbocycles. The fourth-order valence-corrected chi connectivity index (χ4v) is 2.04. The number of primary amides is 1. The highest BCUT2D eigenvalue weighted by Crippen LogP contribution is 2.27. The zero-order valence-electron chi connectivity index (χ0n) is 9.62. The van der Waals surface area contributed by atoms with E-state index in [0.717, 1.165) is 5.69 Å². The van der Waals surface area contributed by atoms with E-state index in [-0.39, 0.29) is 5.69 Å². The molecule has 4 N–H and O–H groups in total. The number of rotatable bonds is 3. The molecule has 0 atom stereocenters. The quantitative estimate of drug-likeness (QED) is 0.798. The number of amides is 1. The zero-order chi connectivity index (χ0) is 13.1. The van der Waals surface area contributed by atoms with Crippen molar-refractivity contribution in [3.63, 3.8) is 0 Å². The van der Waals surface area contributed by atoms with Crippen LogP contribution in [0.15, 0.2) is 34.6 Å². The molecule has 2 rings (SSSR count). The smallest absolute Gasteiger partial charge is 0.267 e. The van der Waals surface area contributed by atoms with Crippen LogP contribution in [0.25, 0.3) is 0 Å². The van der Waals surface area contributed by atoms with Crippen molar-refractivity contribution in [3.05, 3.63) is 35.8 Å². The highest BCUT2D eigenvalue weighted by Gasteiger charge is 2.10. The summed E-state index contributed by atoms with van der Waals surface area (Å²) >= 11 is 1.19. The van der Waals surface area contributed by atoms with Crippen LogP contribution in [0.1, 0.15) is 16.2 Å². The standard InChI is InChI=1S/C11H11N5OS/c1-6-4-5-14-11(15-6)18-10-7(12)2-3-8(16-10)9(13)17/h2-5H,12H2,1H3,(H2,13,17). The van der Waals surface area contributed by atoms with Crippen molar-refractivity contribution < 1.29 is 4.79 Å². The number of nitrogen functional groups attached to an aromatic ring is 1. The number of aromatic nitrogens is 3. The van der Waals surface area contributed by atoms with Crippen molar-refractivity contribution in [1.29, 1.82) is 0 Å². The van der Waals surface area contributed by atoms with Gasteiger partial charge in [0.15, 0.2) is 5.16 Å². The van der Waals surface area contributed by atoms with Crippen molar-refractivity contribution in [2.45, 2.75) is 17.1 Å². The van der Waals surface area contributed by atoms with E-state index in [0.29, 0.717) is 15.9 Å². The Morgan fingerprint density at radius 1 is 1.28 bits per heavy atom. The summed E-state index contributed by atoms with van der Waals surface area (Å²) < 4.78 is 0. The predicted molar refractivity (Wildman–Crippen MR) is 68.1 cm³/mol. The van der Waals surface area contributed by atoms with E-state index in [1.165, 1.54) is 17.8 Å². The number of hydrogen-bond donors (Lipinski definition) is 2. The molecule has 6 nitrogen and oxygen atoms in total. The maximum atomic E-state index is 11.0. The van der Waals surface area contributed by atoms with Crippen LogP contribution in [-0.4, -0.2) is 20.9 Å². The first-order valence-corrected chi connectivity index (χ1v) is 5.92. The maximum absolute atomic E-state index is 11.0. The minimum Gasteiger partial charge on any atom is -0.397 e. The van der Waals surface area contributed by atoms with Crippen LogP contribution < -0.4 is 11.5 Å². The first kappa shape index (κ1) is 12.3. The van der Waals surface area contributed by atoms with E-state index in [9.17, 15) is 4.79 Å². The Morgan fingerprint density at radius 3 is 2.72 bits per heavy atom. The third kappa shape index (κ3) is 2.75. The normalized spacial score (nSPS) is 10.3. The minimum absolute atomic E-state index is 0.166. The van der Waals surface area contributed by atoms with E-state index in [1.807, 2.05) is 6.92 Å². The van der Waals surface area contributed by atoms with Gasteiger partial charge in [-0.15, -0.1) is 0 Å². The van der Waals surface area contributed by atoms with Crippen LogP contribution in [0.5, 0.6) is 0 Å². The summed E-state index contributed by atoms with van der Waals surface area (Å²) in [6.07, 6.45) is 1.65. The monoisotopic (exact) mass is 261 g/mol. The lowest BCUT2D eigenvalue weighted by molar-refractivity contribution is 0.0995. The van der Waals surface area contributed by atoms with Crippen LogP contribution in [0.2, 0.25) is 0 Å². The van der Waals surface area contributed by atoms with Crippen molar-refractivity contribution >= 4 is 23.4 Å². The number of carbonyl (C=O) groups excluding carboxylic acids is 1. The van der Waals surface area contributed by atoms with E-state index in [2.05, 4.69) is 15.0 Å². The lowest BCUT2D eigenvalue weighted by Gasteiger charge is -2.05. The van der Waals surface area contributed by atoms with Gasteiger partial charge in [0.2, 0.25) is 0 Å². The van der Waals surface area contributed by atoms with E-state index < -0.39 is 5.91 Å². The molecule has 0 saturated heterocycles. The van der Waals surface area contributed by atoms with Crippen LogP contribution >= 0.6 is 11.8 Å². The van der Waals surface area contributed by atoms with Gasteiger partial charge in [-0.3, -0.25) is 4.79 Å². The van der Waals surface area contributed by atoms with Gasteiger partial charge in [-0.05, 0) is 36.9 Å². The molecule has 0 radical (unpaired) electrons. The Bertz CT molecular complexity index is 602. The second kappa shape index (κ2) is 5.01. The minimum atomic E-state index is -0.595. The number of aryl methyl sites for hydroxylation is 1. The Labute approximate surface area is 108 Å². The highest BCUT2D eigenvalue weighted by atomic mass is 32.2. The molecule has 0 spiro atoms. The molecule has 0 aliphatic carbocycles. The van der Waals surface area contributed by atoms with E-state index >= 15 is 0 Å². The molecular weight excluding hydrogens is 250 g/mol. The molecule has 2 aromatic rings. The molecule has 0 aliphatic heterocycles. The topological polar surface area (TPSA) is 108 Å². The fourth-order valence-electron chi connectivity index (χ4n) is 1.23. The van der Waals surface area contributed by atoms with Crippen molar-refractivity contribution in [2.24, 2.45) is 5.73 Å². The summed E-state index contributed by atoms with van der Waals surface area (Å²) in [6.45, 7) is 1.86. The van der Waals surface area contributed by atoms with Gasteiger partial charge in [0, 0.05) is 11.9 Å². The summed E-state index contributed by atoms with van der Waals surface area (Å²) in [5.74, 6) is -0.595. The van der Waals surface area contributed by atoms with Gasteiger partial charge in [-0.25, -0.2) is 15.0 Å². The first-order chi connectivity index (χ1) is 8.56. The van der Waals surface area contributed by atoms with Crippen LogP contribution in [0.4, 0.5) is 5.69 Å². The zero-order valence-corrected chi connectivity index (χ0v) is 10.4. The molecule has 1 amide bonds. The Hall–Kier alpha value is -2.15. The predicted octanol–water partition coefficient (Wildman–Crippen LogP) is 1.01. The molecule has 0 unspecified atom stereocenters. The van der Waals surface area contributed by atoms with Gasteiger partial charge in [0.05, 0.1) is 5.69 Å². The van der Waals surface area contributed by atoms with E-state index in [4.69, 9.17) is 11.5 Å². The second-order valence-electron chi connectivity index (χ2n) is 3.54. The van der Waals surface area contributed by atoms with Crippen molar-refractivity contribution in [3.8, 4) is 0 Å². The maximum Gasteiger partial charge on any atom is 0.267 e. The number of nitrogens with zero attached hydrogens (tertiary/aromatic N) is 3. The largest absolute Gasteiger partial charge is 0.397 e. The van der Waals surface area contributed by atoms with Crippen LogP contribution in [0.3, 0.4) is 0 Å². The average molecular weight is 261 g/mol. The van der Waals surface area contributed by atoms with Gasteiger partial charge < -0.3 is 11.5 Å². The summed E-state index contributed by atoms with van der Waals surface area (Å²) in [5, 5.41) is 0.993. The molecule has 2 aromatic heterocycles. The van der Waals surface area contributed by atoms with Crippen molar-refractivity contribution in [2.75, 3.05) is 5.73 Å². The molecule has 18 heavy (non-hydrogen) atoms. The summed E-state index contributed by atoms with van der Waals surface area (Å²) in [6, 6.07) is 4.87. The first-order valence-electron chi connectivity index (χ1n) is 5.10. The summed E-state index contributed by atoms with van der Waals surface area (Å²) in [7, 11) is 0. The number of nitrogens with two attached hydrogens (primary N) is 2. The third-order valence-electron chi connectivity index (χ3n) is 2.10. The molecule has 2 heterocycles. The Balaban J connectivity index is 2.33. The molecule has 0 aliphatic rings. The Morgan fingerprint density at radius 2 is 2.06 bits per heavy atom. The van der Waals surface area contributed by atoms with Gasteiger partial charge in [0.1, 0.15) is 10.7 Å². The van der Waals surface area contributed by atoms with Gasteiger partial charge in [0.25, 0.3) is 5.91 Å². The lowest BCUT2D eigenvalue weighted by atomic mass is 10.3. The van der Waals surface area contributed by atoms with Crippen LogP contribution in [0, 0.1) is 6.92 Å². The number of anilines is 1. The van der Waals surface area contributed by atoms with E-state index in [1.54, 1.807) is 18.3 Å². The molecule has 0 bridgehead atoms. The third-order valence-corrected chi connectivity index (χ3v) is 3.00. The molecular formula is C11H11N5OS. The fraction of sp³-hybridized carbons (Fsp3) is 0.0909. The molecule has 7 heteroatoms. The number of hydrogen-bond acceptors (Lipinski definition) is 6. The second-order valence-corrected chi connectivity index (χ2v) is 4.49. The average Bonchev–Trinajstić information content (AvgIpc) is 2.31. The number of carbonyl (C=O) groups is 1. The Kier molecular flexibility index (Phi) is 3.42. The highest BCUT2D eigenvalue weighted by molar-refractivity contribution is 7.99. The molecule has 0 aromatic carbocycles. The van der Waals surface area contributed by atoms with Gasteiger partial charge in [-0.1, -0.05) is 0 Å². The molecule has 0 fully saturated rings. The van der Waals surface area contributed by atoms with Gasteiger partial charge >= 0.3 is 0 Å². The lowest BCUT2D eigenvalue weighted by Crippen LogP contribution is -2.13. The SMILES string of the molecule is Cc1ccnc(Sc2nc(C(N)=O)ccc2N)n1. The summed E-state index contributed by atoms with van der Waals surface area (Å²) in [5.41, 5.74) is 12.4. The van der Waals surface area contributed by atoms with Gasteiger partial charge in [-0.2, -0.15) is 0 Å². The molecule has 92 valence electrons.